The van der Waals surface area contributed by atoms with E-state index in [-0.39, 0.29) is 0 Å². The standard InChI is InChI=1S/C15H19ClN2S/c16-13-3-1-2-11(7-13)9-17-15(19)18-14-8-10-4-5-12(14)6-10/h1-3,7,10,12,14H,4-6,8-9H2,(H2,17,18,19)/t10-,12-,14-/m1/s1. The lowest BCUT2D eigenvalue weighted by atomic mass is 9.96. The van der Waals surface area contributed by atoms with Gasteiger partial charge in [0.15, 0.2) is 5.11 Å². The van der Waals surface area contributed by atoms with Crippen LogP contribution in [0.15, 0.2) is 24.3 Å². The average Bonchev–Trinajstić information content (AvgIpc) is 2.99. The Morgan fingerprint density at radius 1 is 1.32 bits per heavy atom. The molecule has 1 aromatic carbocycles. The molecule has 0 spiro atoms. The first-order valence-electron chi connectivity index (χ1n) is 6.99. The predicted molar refractivity (Wildman–Crippen MR) is 83.3 cm³/mol. The molecule has 0 heterocycles. The molecular weight excluding hydrogens is 276 g/mol. The Labute approximate surface area is 124 Å². The SMILES string of the molecule is S=C(NCc1cccc(Cl)c1)N[C@@H]1C[C@@H]2CC[C@@H]1C2. The Bertz CT molecular complexity index is 477. The summed E-state index contributed by atoms with van der Waals surface area (Å²) in [6, 6.07) is 8.47. The van der Waals surface area contributed by atoms with E-state index in [4.69, 9.17) is 23.8 Å². The molecule has 0 aliphatic heterocycles. The van der Waals surface area contributed by atoms with Crippen molar-refractivity contribution < 1.29 is 0 Å². The molecule has 4 heteroatoms. The van der Waals surface area contributed by atoms with Gasteiger partial charge in [0.1, 0.15) is 0 Å². The van der Waals surface area contributed by atoms with E-state index in [1.807, 2.05) is 18.2 Å². The van der Waals surface area contributed by atoms with Gasteiger partial charge in [0.2, 0.25) is 0 Å². The predicted octanol–water partition coefficient (Wildman–Crippen LogP) is 3.49. The Hall–Kier alpha value is -0.800. The van der Waals surface area contributed by atoms with Gasteiger partial charge in [0.05, 0.1) is 0 Å². The molecule has 0 saturated heterocycles. The van der Waals surface area contributed by atoms with E-state index >= 15 is 0 Å². The molecule has 2 nitrogen and oxygen atoms in total. The quantitative estimate of drug-likeness (QED) is 0.835. The molecule has 0 aromatic heterocycles. The largest absolute Gasteiger partial charge is 0.360 e. The third kappa shape index (κ3) is 3.21. The first-order chi connectivity index (χ1) is 9.20. The molecule has 0 unspecified atom stereocenters. The van der Waals surface area contributed by atoms with Crippen molar-refractivity contribution in [3.8, 4) is 0 Å². The van der Waals surface area contributed by atoms with Crippen LogP contribution in [0, 0.1) is 11.8 Å². The van der Waals surface area contributed by atoms with Crippen molar-refractivity contribution in [3.63, 3.8) is 0 Å². The van der Waals surface area contributed by atoms with E-state index in [0.29, 0.717) is 6.04 Å². The van der Waals surface area contributed by atoms with Crippen molar-refractivity contribution in [1.29, 1.82) is 0 Å². The molecule has 2 N–H and O–H groups in total. The lowest BCUT2D eigenvalue weighted by molar-refractivity contribution is 0.389. The summed E-state index contributed by atoms with van der Waals surface area (Å²) in [5.41, 5.74) is 1.16. The van der Waals surface area contributed by atoms with E-state index in [2.05, 4.69) is 16.7 Å². The summed E-state index contributed by atoms with van der Waals surface area (Å²) in [7, 11) is 0. The lowest BCUT2D eigenvalue weighted by Crippen LogP contribution is -2.43. The van der Waals surface area contributed by atoms with Crippen LogP contribution in [0.3, 0.4) is 0 Å². The molecule has 3 atom stereocenters. The number of benzene rings is 1. The second kappa shape index (κ2) is 5.68. The summed E-state index contributed by atoms with van der Waals surface area (Å²) < 4.78 is 0. The highest BCUT2D eigenvalue weighted by Gasteiger charge is 2.39. The van der Waals surface area contributed by atoms with Gasteiger partial charge in [0, 0.05) is 17.6 Å². The van der Waals surface area contributed by atoms with Crippen LogP contribution in [0.1, 0.15) is 31.2 Å². The van der Waals surface area contributed by atoms with Crippen molar-refractivity contribution >= 4 is 28.9 Å². The average molecular weight is 295 g/mol. The zero-order valence-electron chi connectivity index (χ0n) is 10.9. The van der Waals surface area contributed by atoms with Crippen molar-refractivity contribution in [2.45, 2.75) is 38.3 Å². The number of thiocarbonyl (C=S) groups is 1. The van der Waals surface area contributed by atoms with Crippen LogP contribution in [0.4, 0.5) is 0 Å². The molecular formula is C15H19ClN2S. The molecule has 0 amide bonds. The number of hydrogen-bond donors (Lipinski definition) is 2. The van der Waals surface area contributed by atoms with Gasteiger partial charge in [0.25, 0.3) is 0 Å². The van der Waals surface area contributed by atoms with Crippen LogP contribution in [-0.4, -0.2) is 11.2 Å². The van der Waals surface area contributed by atoms with E-state index < -0.39 is 0 Å². The molecule has 2 saturated carbocycles. The molecule has 2 fully saturated rings. The number of nitrogens with one attached hydrogen (secondary N) is 2. The highest BCUT2D eigenvalue weighted by Crippen LogP contribution is 2.44. The summed E-state index contributed by atoms with van der Waals surface area (Å²) in [4.78, 5) is 0. The van der Waals surface area contributed by atoms with Gasteiger partial charge >= 0.3 is 0 Å². The van der Waals surface area contributed by atoms with Crippen LogP contribution in [0.25, 0.3) is 0 Å². The van der Waals surface area contributed by atoms with E-state index in [9.17, 15) is 0 Å². The first kappa shape index (κ1) is 13.2. The van der Waals surface area contributed by atoms with Crippen molar-refractivity contribution in [3.05, 3.63) is 34.9 Å². The fourth-order valence-corrected chi connectivity index (χ4v) is 3.91. The van der Waals surface area contributed by atoms with Crippen molar-refractivity contribution in [1.82, 2.24) is 10.6 Å². The maximum Gasteiger partial charge on any atom is 0.166 e. The molecule has 19 heavy (non-hydrogen) atoms. The third-order valence-electron chi connectivity index (χ3n) is 4.40. The van der Waals surface area contributed by atoms with Crippen LogP contribution in [0.5, 0.6) is 0 Å². The zero-order valence-corrected chi connectivity index (χ0v) is 12.4. The minimum Gasteiger partial charge on any atom is -0.360 e. The van der Waals surface area contributed by atoms with E-state index in [0.717, 1.165) is 34.1 Å². The van der Waals surface area contributed by atoms with Gasteiger partial charge in [-0.25, -0.2) is 0 Å². The van der Waals surface area contributed by atoms with Crippen LogP contribution >= 0.6 is 23.8 Å². The van der Waals surface area contributed by atoms with Crippen LogP contribution in [0.2, 0.25) is 5.02 Å². The third-order valence-corrected chi connectivity index (χ3v) is 4.89. The highest BCUT2D eigenvalue weighted by atomic mass is 35.5. The van der Waals surface area contributed by atoms with Gasteiger partial charge in [-0.3, -0.25) is 0 Å². The van der Waals surface area contributed by atoms with Gasteiger partial charge < -0.3 is 10.6 Å². The molecule has 2 bridgehead atoms. The number of halogens is 1. The second-order valence-electron chi connectivity index (χ2n) is 5.74. The minimum absolute atomic E-state index is 0.595. The summed E-state index contributed by atoms with van der Waals surface area (Å²) in [5.74, 6) is 1.79. The number of hydrogen-bond acceptors (Lipinski definition) is 1. The number of rotatable bonds is 3. The van der Waals surface area contributed by atoms with Crippen LogP contribution in [-0.2, 0) is 6.54 Å². The molecule has 102 valence electrons. The van der Waals surface area contributed by atoms with Crippen LogP contribution < -0.4 is 10.6 Å². The minimum atomic E-state index is 0.595. The van der Waals surface area contributed by atoms with Crippen molar-refractivity contribution in [2.75, 3.05) is 0 Å². The molecule has 3 rings (SSSR count). The summed E-state index contributed by atoms with van der Waals surface area (Å²) in [6.45, 7) is 0.729. The highest BCUT2D eigenvalue weighted by molar-refractivity contribution is 7.80. The smallest absolute Gasteiger partial charge is 0.166 e. The molecule has 2 aliphatic carbocycles. The van der Waals surface area contributed by atoms with Gasteiger partial charge in [-0.2, -0.15) is 0 Å². The summed E-state index contributed by atoms with van der Waals surface area (Å²) in [6.07, 6.45) is 5.49. The fourth-order valence-electron chi connectivity index (χ4n) is 3.47. The van der Waals surface area contributed by atoms with Crippen molar-refractivity contribution in [2.24, 2.45) is 11.8 Å². The van der Waals surface area contributed by atoms with Gasteiger partial charge in [-0.1, -0.05) is 30.2 Å². The Kier molecular flexibility index (Phi) is 3.94. The maximum atomic E-state index is 5.96. The topological polar surface area (TPSA) is 24.1 Å². The second-order valence-corrected chi connectivity index (χ2v) is 6.58. The Morgan fingerprint density at radius 3 is 2.89 bits per heavy atom. The zero-order chi connectivity index (χ0) is 13.2. The lowest BCUT2D eigenvalue weighted by Gasteiger charge is -2.24. The molecule has 2 aliphatic rings. The van der Waals surface area contributed by atoms with E-state index in [1.54, 1.807) is 0 Å². The summed E-state index contributed by atoms with van der Waals surface area (Å²) in [5, 5.41) is 8.30. The maximum absolute atomic E-state index is 5.96. The van der Waals surface area contributed by atoms with Gasteiger partial charge in [-0.05, 0) is 61.0 Å². The Balaban J connectivity index is 1.47. The number of fused-ring (bicyclic) bond motifs is 2. The monoisotopic (exact) mass is 294 g/mol. The summed E-state index contributed by atoms with van der Waals surface area (Å²) >= 11 is 11.3. The fraction of sp³-hybridized carbons (Fsp3) is 0.533. The van der Waals surface area contributed by atoms with Gasteiger partial charge in [-0.15, -0.1) is 0 Å². The normalized spacial score (nSPS) is 28.4. The van der Waals surface area contributed by atoms with E-state index in [1.165, 1.54) is 25.7 Å². The first-order valence-corrected chi connectivity index (χ1v) is 7.78. The molecule has 1 aromatic rings. The Morgan fingerprint density at radius 2 is 2.21 bits per heavy atom. The molecule has 0 radical (unpaired) electrons.